The highest BCUT2D eigenvalue weighted by Gasteiger charge is 2.28. The lowest BCUT2D eigenvalue weighted by Gasteiger charge is -2.29. The Balaban J connectivity index is 1.32. The second kappa shape index (κ2) is 10.8. The fourth-order valence-electron chi connectivity index (χ4n) is 4.21. The van der Waals surface area contributed by atoms with Crippen LogP contribution in [-0.4, -0.2) is 66.6 Å². The number of piperazine rings is 1. The fraction of sp³-hybridized carbons (Fsp3) is 0.360. The van der Waals surface area contributed by atoms with E-state index < -0.39 is 12.3 Å². The van der Waals surface area contributed by atoms with E-state index in [4.69, 9.17) is 9.47 Å². The van der Waals surface area contributed by atoms with Crippen molar-refractivity contribution in [3.8, 4) is 23.2 Å². The average Bonchev–Trinajstić information content (AvgIpc) is 2.91. The van der Waals surface area contributed by atoms with E-state index in [1.807, 2.05) is 4.90 Å². The highest BCUT2D eigenvalue weighted by molar-refractivity contribution is 5.64. The molecule has 2 atom stereocenters. The summed E-state index contributed by atoms with van der Waals surface area (Å²) >= 11 is 0. The van der Waals surface area contributed by atoms with Crippen LogP contribution in [0.25, 0.3) is 11.4 Å². The molecule has 36 heavy (non-hydrogen) atoms. The van der Waals surface area contributed by atoms with E-state index in [-0.39, 0.29) is 23.9 Å². The summed E-state index contributed by atoms with van der Waals surface area (Å²) in [6.45, 7) is 3.53. The molecule has 0 saturated carbocycles. The maximum Gasteiger partial charge on any atom is 0.230 e. The number of alkyl halides is 1. The predicted octanol–water partition coefficient (Wildman–Crippen LogP) is 3.21. The number of rotatable bonds is 6. The Labute approximate surface area is 207 Å². The smallest absolute Gasteiger partial charge is 0.230 e. The van der Waals surface area contributed by atoms with Crippen molar-refractivity contribution in [2.75, 3.05) is 49.6 Å². The summed E-state index contributed by atoms with van der Waals surface area (Å²) in [7, 11) is 0. The number of aromatic nitrogens is 3. The minimum Gasteiger partial charge on any atom is -0.486 e. The van der Waals surface area contributed by atoms with Gasteiger partial charge in [0, 0.05) is 43.9 Å². The van der Waals surface area contributed by atoms with Gasteiger partial charge in [0.05, 0.1) is 24.5 Å². The summed E-state index contributed by atoms with van der Waals surface area (Å²) in [6, 6.07) is 11.9. The fourth-order valence-corrected chi connectivity index (χ4v) is 4.21. The van der Waals surface area contributed by atoms with Crippen molar-refractivity contribution >= 4 is 17.3 Å². The molecule has 2 aliphatic heterocycles. The van der Waals surface area contributed by atoms with Gasteiger partial charge in [0.1, 0.15) is 30.1 Å². The maximum absolute atomic E-state index is 14.8. The van der Waals surface area contributed by atoms with E-state index in [0.29, 0.717) is 41.5 Å². The maximum atomic E-state index is 14.8. The summed E-state index contributed by atoms with van der Waals surface area (Å²) < 4.78 is 39.7. The molecule has 3 aromatic rings. The number of anilines is 3. The molecule has 2 fully saturated rings. The van der Waals surface area contributed by atoms with Crippen LogP contribution in [0.3, 0.4) is 0 Å². The van der Waals surface area contributed by atoms with Crippen LogP contribution in [0.5, 0.6) is 5.75 Å². The van der Waals surface area contributed by atoms with Crippen molar-refractivity contribution in [1.29, 1.82) is 5.26 Å². The topological polar surface area (TPSA) is 108 Å². The van der Waals surface area contributed by atoms with Crippen molar-refractivity contribution in [2.45, 2.75) is 18.7 Å². The SMILES string of the molecule is N#Cc1cc(-c2ncnc(Nc3ccc(N4CCNCC4)c(F)c3)n2)ccc1OC1CCOC[C@@H]1F. The van der Waals surface area contributed by atoms with Gasteiger partial charge in [0.25, 0.3) is 0 Å². The van der Waals surface area contributed by atoms with Crippen LogP contribution in [0.1, 0.15) is 12.0 Å². The highest BCUT2D eigenvalue weighted by Crippen LogP contribution is 2.29. The Morgan fingerprint density at radius 3 is 2.81 bits per heavy atom. The molecule has 2 saturated heterocycles. The number of nitrogens with zero attached hydrogens (tertiary/aromatic N) is 5. The van der Waals surface area contributed by atoms with E-state index in [1.165, 1.54) is 12.4 Å². The Kier molecular flexibility index (Phi) is 7.16. The number of ether oxygens (including phenoxy) is 2. The summed E-state index contributed by atoms with van der Waals surface area (Å²) in [5.74, 6) is 0.521. The lowest BCUT2D eigenvalue weighted by atomic mass is 10.1. The molecule has 5 rings (SSSR count). The van der Waals surface area contributed by atoms with Gasteiger partial charge in [-0.15, -0.1) is 0 Å². The molecule has 0 amide bonds. The molecular formula is C25H25F2N7O2. The van der Waals surface area contributed by atoms with Gasteiger partial charge in [-0.1, -0.05) is 0 Å². The first-order chi connectivity index (χ1) is 17.6. The molecule has 2 N–H and O–H groups in total. The molecule has 0 radical (unpaired) electrons. The third-order valence-electron chi connectivity index (χ3n) is 6.10. The van der Waals surface area contributed by atoms with Gasteiger partial charge in [-0.05, 0) is 36.4 Å². The number of benzene rings is 2. The monoisotopic (exact) mass is 493 g/mol. The quantitative estimate of drug-likeness (QED) is 0.535. The van der Waals surface area contributed by atoms with Gasteiger partial charge in [0.15, 0.2) is 12.0 Å². The minimum absolute atomic E-state index is 0.0202. The van der Waals surface area contributed by atoms with Gasteiger partial charge in [-0.2, -0.15) is 10.2 Å². The molecule has 0 bridgehead atoms. The third-order valence-corrected chi connectivity index (χ3v) is 6.10. The number of nitrogens with one attached hydrogen (secondary N) is 2. The van der Waals surface area contributed by atoms with E-state index in [1.54, 1.807) is 30.3 Å². The number of nitriles is 1. The summed E-state index contributed by atoms with van der Waals surface area (Å²) in [6.07, 6.45) is -0.170. The third kappa shape index (κ3) is 5.35. The predicted molar refractivity (Wildman–Crippen MR) is 129 cm³/mol. The van der Waals surface area contributed by atoms with Crippen LogP contribution < -0.4 is 20.3 Å². The van der Waals surface area contributed by atoms with Crippen LogP contribution in [0.2, 0.25) is 0 Å². The Bertz CT molecular complexity index is 1260. The molecule has 1 unspecified atom stereocenters. The lowest BCUT2D eigenvalue weighted by molar-refractivity contribution is -0.0383. The molecule has 9 nitrogen and oxygen atoms in total. The molecule has 2 aliphatic rings. The second-order valence-corrected chi connectivity index (χ2v) is 8.52. The molecule has 0 spiro atoms. The zero-order chi connectivity index (χ0) is 24.9. The van der Waals surface area contributed by atoms with Gasteiger partial charge in [-0.25, -0.2) is 18.7 Å². The molecular weight excluding hydrogens is 468 g/mol. The number of hydrogen-bond acceptors (Lipinski definition) is 9. The minimum atomic E-state index is -1.25. The van der Waals surface area contributed by atoms with Crippen LogP contribution in [0.4, 0.5) is 26.1 Å². The largest absolute Gasteiger partial charge is 0.486 e. The first-order valence-electron chi connectivity index (χ1n) is 11.7. The standard InChI is InChI=1S/C25H25F2N7O2/c26-19-12-18(2-3-21(19)34-8-6-29-7-9-34)32-25-31-15-30-24(33-25)16-1-4-22(17(11-16)13-28)36-23-5-10-35-14-20(23)27/h1-4,11-12,15,20,23,29H,5-10,14H2,(H,30,31,32,33)/t20-,23?/m0/s1. The Morgan fingerprint density at radius 2 is 2.03 bits per heavy atom. The second-order valence-electron chi connectivity index (χ2n) is 8.52. The van der Waals surface area contributed by atoms with E-state index in [0.717, 1.165) is 26.2 Å². The van der Waals surface area contributed by atoms with Crippen LogP contribution in [0.15, 0.2) is 42.7 Å². The average molecular weight is 494 g/mol. The Hall–Kier alpha value is -3.88. The normalized spacial score (nSPS) is 20.0. The molecule has 11 heteroatoms. The molecule has 3 heterocycles. The summed E-state index contributed by atoms with van der Waals surface area (Å²) in [5.41, 5.74) is 1.87. The van der Waals surface area contributed by atoms with Gasteiger partial charge < -0.3 is 25.0 Å². The summed E-state index contributed by atoms with van der Waals surface area (Å²) in [5, 5.41) is 15.9. The Morgan fingerprint density at radius 1 is 1.17 bits per heavy atom. The van der Waals surface area contributed by atoms with Crippen molar-refractivity contribution in [3.63, 3.8) is 0 Å². The van der Waals surface area contributed by atoms with E-state index in [9.17, 15) is 14.0 Å². The zero-order valence-corrected chi connectivity index (χ0v) is 19.5. The van der Waals surface area contributed by atoms with E-state index >= 15 is 0 Å². The first kappa shape index (κ1) is 23.8. The lowest BCUT2D eigenvalue weighted by Crippen LogP contribution is -2.43. The van der Waals surface area contributed by atoms with Gasteiger partial charge in [0.2, 0.25) is 5.95 Å². The first-order valence-corrected chi connectivity index (χ1v) is 11.7. The number of hydrogen-bond donors (Lipinski definition) is 2. The molecule has 186 valence electrons. The van der Waals surface area contributed by atoms with Crippen LogP contribution in [-0.2, 0) is 4.74 Å². The van der Waals surface area contributed by atoms with E-state index in [2.05, 4.69) is 31.7 Å². The van der Waals surface area contributed by atoms with Gasteiger partial charge in [-0.3, -0.25) is 0 Å². The summed E-state index contributed by atoms with van der Waals surface area (Å²) in [4.78, 5) is 14.7. The van der Waals surface area contributed by atoms with Crippen molar-refractivity contribution in [2.24, 2.45) is 0 Å². The molecule has 1 aromatic heterocycles. The molecule has 2 aromatic carbocycles. The van der Waals surface area contributed by atoms with Crippen molar-refractivity contribution in [3.05, 3.63) is 54.1 Å². The van der Waals surface area contributed by atoms with Crippen LogP contribution >= 0.6 is 0 Å². The molecule has 0 aliphatic carbocycles. The highest BCUT2D eigenvalue weighted by atomic mass is 19.1. The number of halogens is 2. The van der Waals surface area contributed by atoms with Crippen molar-refractivity contribution in [1.82, 2.24) is 20.3 Å². The van der Waals surface area contributed by atoms with Gasteiger partial charge >= 0.3 is 0 Å². The zero-order valence-electron chi connectivity index (χ0n) is 19.5. The van der Waals surface area contributed by atoms with Crippen LogP contribution in [0, 0.1) is 17.1 Å². The van der Waals surface area contributed by atoms with Crippen molar-refractivity contribution < 1.29 is 18.3 Å².